The molecule has 0 aliphatic carbocycles. The molecule has 0 saturated carbocycles. The number of hydrogen-bond donors (Lipinski definition) is 0. The van der Waals surface area contributed by atoms with E-state index in [1.54, 1.807) is 0 Å². The summed E-state index contributed by atoms with van der Waals surface area (Å²) in [6.45, 7) is 2.17. The van der Waals surface area contributed by atoms with Crippen molar-refractivity contribution >= 4 is 21.8 Å². The van der Waals surface area contributed by atoms with Gasteiger partial charge in [-0.15, -0.1) is 0 Å². The van der Waals surface area contributed by atoms with E-state index in [-0.39, 0.29) is 0 Å². The third kappa shape index (κ3) is 1.03. The molecule has 0 unspecified atom stereocenters. The van der Waals surface area contributed by atoms with Gasteiger partial charge in [0.25, 0.3) is 0 Å². The standard InChI is InChI=1S/C14H13N/c1-10-6-5-8-12-11-7-3-4-9-13(11)15(2)14(10)12/h3-9H,1-2H3. The Bertz CT molecular complexity index is 647. The van der Waals surface area contributed by atoms with Crippen LogP contribution in [0.5, 0.6) is 0 Å². The molecule has 0 spiro atoms. The summed E-state index contributed by atoms with van der Waals surface area (Å²) in [6, 6.07) is 15.1. The Labute approximate surface area is 88.9 Å². The van der Waals surface area contributed by atoms with Crippen LogP contribution in [-0.2, 0) is 7.05 Å². The summed E-state index contributed by atoms with van der Waals surface area (Å²) in [5.74, 6) is 0. The molecule has 0 bridgehead atoms. The number of rotatable bonds is 0. The lowest BCUT2D eigenvalue weighted by atomic mass is 10.1. The predicted octanol–water partition coefficient (Wildman–Crippen LogP) is 3.64. The van der Waals surface area contributed by atoms with E-state index in [1.807, 2.05) is 0 Å². The Morgan fingerprint density at radius 3 is 2.47 bits per heavy atom. The Morgan fingerprint density at radius 1 is 0.867 bits per heavy atom. The zero-order valence-corrected chi connectivity index (χ0v) is 8.99. The van der Waals surface area contributed by atoms with Crippen molar-refractivity contribution in [3.05, 3.63) is 48.0 Å². The van der Waals surface area contributed by atoms with Crippen molar-refractivity contribution < 1.29 is 0 Å². The molecule has 0 radical (unpaired) electrons. The number of hydrogen-bond acceptors (Lipinski definition) is 0. The van der Waals surface area contributed by atoms with Crippen molar-refractivity contribution in [2.45, 2.75) is 6.92 Å². The molecule has 0 saturated heterocycles. The topological polar surface area (TPSA) is 4.93 Å². The van der Waals surface area contributed by atoms with Gasteiger partial charge in [0.05, 0.1) is 5.52 Å². The molecular weight excluding hydrogens is 182 g/mol. The Kier molecular flexibility index (Phi) is 1.63. The molecule has 0 fully saturated rings. The molecule has 3 rings (SSSR count). The number of aromatic nitrogens is 1. The third-order valence-corrected chi connectivity index (χ3v) is 3.13. The summed E-state index contributed by atoms with van der Waals surface area (Å²) in [5, 5.41) is 2.70. The molecule has 0 amide bonds. The Hall–Kier alpha value is -1.76. The van der Waals surface area contributed by atoms with Gasteiger partial charge in [-0.1, -0.05) is 36.4 Å². The Balaban J connectivity index is 2.69. The second kappa shape index (κ2) is 2.86. The molecule has 1 heteroatoms. The number of nitrogens with zero attached hydrogens (tertiary/aromatic N) is 1. The van der Waals surface area contributed by atoms with Gasteiger partial charge in [-0.25, -0.2) is 0 Å². The lowest BCUT2D eigenvalue weighted by Gasteiger charge is -2.00. The van der Waals surface area contributed by atoms with Crippen LogP contribution in [0, 0.1) is 6.92 Å². The first-order valence-corrected chi connectivity index (χ1v) is 5.22. The first kappa shape index (κ1) is 8.54. The van der Waals surface area contributed by atoms with Crippen LogP contribution in [0.15, 0.2) is 42.5 Å². The lowest BCUT2D eigenvalue weighted by Crippen LogP contribution is -1.88. The molecule has 1 heterocycles. The van der Waals surface area contributed by atoms with Crippen molar-refractivity contribution in [1.29, 1.82) is 0 Å². The minimum atomic E-state index is 1.31. The van der Waals surface area contributed by atoms with E-state index in [0.29, 0.717) is 0 Å². The largest absolute Gasteiger partial charge is 0.343 e. The summed E-state index contributed by atoms with van der Waals surface area (Å²) >= 11 is 0. The zero-order chi connectivity index (χ0) is 10.4. The highest BCUT2D eigenvalue weighted by atomic mass is 14.9. The molecule has 0 atom stereocenters. The molecule has 2 aromatic carbocycles. The number of para-hydroxylation sites is 2. The van der Waals surface area contributed by atoms with Gasteiger partial charge in [-0.05, 0) is 18.6 Å². The maximum atomic E-state index is 2.28. The van der Waals surface area contributed by atoms with Crippen molar-refractivity contribution in [1.82, 2.24) is 4.57 Å². The molecular formula is C14H13N. The van der Waals surface area contributed by atoms with Crippen LogP contribution in [0.25, 0.3) is 21.8 Å². The van der Waals surface area contributed by atoms with Crippen LogP contribution in [0.4, 0.5) is 0 Å². The van der Waals surface area contributed by atoms with Crippen molar-refractivity contribution in [3.63, 3.8) is 0 Å². The smallest absolute Gasteiger partial charge is 0.0518 e. The monoisotopic (exact) mass is 195 g/mol. The van der Waals surface area contributed by atoms with E-state index in [4.69, 9.17) is 0 Å². The fourth-order valence-electron chi connectivity index (χ4n) is 2.44. The van der Waals surface area contributed by atoms with Crippen LogP contribution in [0.3, 0.4) is 0 Å². The minimum absolute atomic E-state index is 1.31. The molecule has 0 N–H and O–H groups in total. The molecule has 1 nitrogen and oxygen atoms in total. The minimum Gasteiger partial charge on any atom is -0.343 e. The fraction of sp³-hybridized carbons (Fsp3) is 0.143. The summed E-state index contributed by atoms with van der Waals surface area (Å²) < 4.78 is 2.28. The van der Waals surface area contributed by atoms with E-state index in [9.17, 15) is 0 Å². The maximum Gasteiger partial charge on any atom is 0.0518 e. The van der Waals surface area contributed by atoms with Crippen LogP contribution in [0.2, 0.25) is 0 Å². The van der Waals surface area contributed by atoms with Gasteiger partial charge in [0, 0.05) is 23.3 Å². The third-order valence-electron chi connectivity index (χ3n) is 3.13. The summed E-state index contributed by atoms with van der Waals surface area (Å²) in [4.78, 5) is 0. The van der Waals surface area contributed by atoms with Gasteiger partial charge in [-0.3, -0.25) is 0 Å². The van der Waals surface area contributed by atoms with Gasteiger partial charge in [-0.2, -0.15) is 0 Å². The van der Waals surface area contributed by atoms with Crippen LogP contribution in [0.1, 0.15) is 5.56 Å². The summed E-state index contributed by atoms with van der Waals surface area (Å²) in [5.41, 5.74) is 3.99. The van der Waals surface area contributed by atoms with Gasteiger partial charge in [0.15, 0.2) is 0 Å². The quantitative estimate of drug-likeness (QED) is 0.516. The lowest BCUT2D eigenvalue weighted by molar-refractivity contribution is 1.01. The van der Waals surface area contributed by atoms with E-state index in [2.05, 4.69) is 61.0 Å². The summed E-state index contributed by atoms with van der Waals surface area (Å²) in [7, 11) is 2.14. The first-order valence-electron chi connectivity index (χ1n) is 5.22. The van der Waals surface area contributed by atoms with Crippen LogP contribution < -0.4 is 0 Å². The number of aryl methyl sites for hydroxylation is 2. The molecule has 74 valence electrons. The SMILES string of the molecule is Cc1cccc2c3ccccc3n(C)c12. The summed E-state index contributed by atoms with van der Waals surface area (Å²) in [6.07, 6.45) is 0. The van der Waals surface area contributed by atoms with E-state index >= 15 is 0 Å². The fourth-order valence-corrected chi connectivity index (χ4v) is 2.44. The van der Waals surface area contributed by atoms with Gasteiger partial charge in [0.1, 0.15) is 0 Å². The molecule has 3 aromatic rings. The van der Waals surface area contributed by atoms with Gasteiger partial charge < -0.3 is 4.57 Å². The molecule has 15 heavy (non-hydrogen) atoms. The maximum absolute atomic E-state index is 2.28. The highest BCUT2D eigenvalue weighted by Crippen LogP contribution is 2.29. The van der Waals surface area contributed by atoms with E-state index in [1.165, 1.54) is 27.4 Å². The Morgan fingerprint density at radius 2 is 1.60 bits per heavy atom. The second-order valence-electron chi connectivity index (χ2n) is 4.05. The molecule has 1 aromatic heterocycles. The molecule has 0 aliphatic heterocycles. The average molecular weight is 195 g/mol. The second-order valence-corrected chi connectivity index (χ2v) is 4.05. The van der Waals surface area contributed by atoms with E-state index in [0.717, 1.165) is 0 Å². The van der Waals surface area contributed by atoms with Crippen molar-refractivity contribution in [3.8, 4) is 0 Å². The van der Waals surface area contributed by atoms with Crippen molar-refractivity contribution in [2.24, 2.45) is 7.05 Å². The van der Waals surface area contributed by atoms with Crippen LogP contribution >= 0.6 is 0 Å². The molecule has 0 aliphatic rings. The number of benzene rings is 2. The van der Waals surface area contributed by atoms with Crippen molar-refractivity contribution in [2.75, 3.05) is 0 Å². The zero-order valence-electron chi connectivity index (χ0n) is 8.99. The average Bonchev–Trinajstić information content (AvgIpc) is 2.55. The van der Waals surface area contributed by atoms with E-state index < -0.39 is 0 Å². The normalized spacial score (nSPS) is 11.3. The van der Waals surface area contributed by atoms with Gasteiger partial charge >= 0.3 is 0 Å². The van der Waals surface area contributed by atoms with Gasteiger partial charge in [0.2, 0.25) is 0 Å². The highest BCUT2D eigenvalue weighted by molar-refractivity contribution is 6.08. The van der Waals surface area contributed by atoms with Crippen LogP contribution in [-0.4, -0.2) is 4.57 Å². The number of fused-ring (bicyclic) bond motifs is 3. The first-order chi connectivity index (χ1) is 7.29. The predicted molar refractivity (Wildman–Crippen MR) is 65.2 cm³/mol. The highest BCUT2D eigenvalue weighted by Gasteiger charge is 2.07.